The van der Waals surface area contributed by atoms with Gasteiger partial charge in [0.1, 0.15) is 11.7 Å². The number of barbiturate groups is 1. The van der Waals surface area contributed by atoms with Crippen molar-refractivity contribution in [2.45, 2.75) is 5.92 Å². The van der Waals surface area contributed by atoms with Crippen LogP contribution < -0.4 is 5.32 Å². The van der Waals surface area contributed by atoms with E-state index in [0.717, 1.165) is 17.1 Å². The normalized spacial score (nSPS) is 19.9. The molecule has 1 N–H and O–H groups in total. The van der Waals surface area contributed by atoms with Crippen molar-refractivity contribution >= 4 is 17.8 Å². The molecule has 6 nitrogen and oxygen atoms in total. The third-order valence-electron chi connectivity index (χ3n) is 2.74. The van der Waals surface area contributed by atoms with Gasteiger partial charge in [0.05, 0.1) is 0 Å². The lowest BCUT2D eigenvalue weighted by atomic mass is 9.96. The standard InChI is InChI=1S/C12H12FN3O3/c1-15(2)16-11(18)9(10(17)14-12(16)19)7-3-5-8(13)6-4-7/h3-6,9H,1-2H3,(H,14,17,19). The van der Waals surface area contributed by atoms with Gasteiger partial charge >= 0.3 is 6.03 Å². The van der Waals surface area contributed by atoms with Crippen LogP contribution in [-0.2, 0) is 9.59 Å². The predicted octanol–water partition coefficient (Wildman–Crippen LogP) is 0.464. The Labute approximate surface area is 108 Å². The van der Waals surface area contributed by atoms with E-state index >= 15 is 0 Å². The van der Waals surface area contributed by atoms with Crippen molar-refractivity contribution < 1.29 is 18.8 Å². The molecule has 0 spiro atoms. The molecule has 0 bridgehead atoms. The Kier molecular flexibility index (Phi) is 3.30. The quantitative estimate of drug-likeness (QED) is 0.789. The average molecular weight is 265 g/mol. The van der Waals surface area contributed by atoms with Gasteiger partial charge in [0, 0.05) is 14.1 Å². The first kappa shape index (κ1) is 13.2. The van der Waals surface area contributed by atoms with E-state index in [4.69, 9.17) is 0 Å². The van der Waals surface area contributed by atoms with Crippen LogP contribution in [0, 0.1) is 5.82 Å². The molecule has 0 aliphatic carbocycles. The molecule has 1 heterocycles. The van der Waals surface area contributed by atoms with Crippen LogP contribution in [0.1, 0.15) is 11.5 Å². The maximum Gasteiger partial charge on any atom is 0.345 e. The Bertz CT molecular complexity index is 542. The lowest BCUT2D eigenvalue weighted by Gasteiger charge is -2.33. The highest BCUT2D eigenvalue weighted by atomic mass is 19.1. The number of hydrazine groups is 1. The number of urea groups is 1. The maximum absolute atomic E-state index is 12.9. The molecular formula is C12H12FN3O3. The number of nitrogens with zero attached hydrogens (tertiary/aromatic N) is 2. The first-order chi connectivity index (χ1) is 8.91. The van der Waals surface area contributed by atoms with Crippen molar-refractivity contribution in [2.24, 2.45) is 0 Å². The van der Waals surface area contributed by atoms with Crippen LogP contribution >= 0.6 is 0 Å². The van der Waals surface area contributed by atoms with Gasteiger partial charge in [0.2, 0.25) is 5.91 Å². The molecule has 7 heteroatoms. The largest absolute Gasteiger partial charge is 0.345 e. The molecule has 19 heavy (non-hydrogen) atoms. The zero-order valence-corrected chi connectivity index (χ0v) is 10.4. The summed E-state index contributed by atoms with van der Waals surface area (Å²) in [5, 5.41) is 4.20. The maximum atomic E-state index is 12.9. The van der Waals surface area contributed by atoms with Gasteiger partial charge in [-0.25, -0.2) is 14.2 Å². The minimum atomic E-state index is -1.15. The Balaban J connectivity index is 2.38. The van der Waals surface area contributed by atoms with Crippen molar-refractivity contribution in [3.05, 3.63) is 35.6 Å². The topological polar surface area (TPSA) is 69.7 Å². The van der Waals surface area contributed by atoms with Crippen molar-refractivity contribution in [1.29, 1.82) is 0 Å². The fourth-order valence-corrected chi connectivity index (χ4v) is 1.89. The highest BCUT2D eigenvalue weighted by Crippen LogP contribution is 2.23. The number of benzene rings is 1. The van der Waals surface area contributed by atoms with Crippen LogP contribution in [0.5, 0.6) is 0 Å². The molecule has 0 radical (unpaired) electrons. The summed E-state index contributed by atoms with van der Waals surface area (Å²) in [7, 11) is 3.02. The summed E-state index contributed by atoms with van der Waals surface area (Å²) < 4.78 is 12.9. The summed E-state index contributed by atoms with van der Waals surface area (Å²) >= 11 is 0. The second-order valence-corrected chi connectivity index (χ2v) is 4.28. The fourth-order valence-electron chi connectivity index (χ4n) is 1.89. The molecular weight excluding hydrogens is 253 g/mol. The highest BCUT2D eigenvalue weighted by molar-refractivity contribution is 6.19. The number of hydrogen-bond acceptors (Lipinski definition) is 4. The first-order valence-corrected chi connectivity index (χ1v) is 5.53. The number of nitrogens with one attached hydrogen (secondary N) is 1. The number of carbonyl (C=O) groups excluding carboxylic acids is 3. The van der Waals surface area contributed by atoms with Crippen LogP contribution in [0.25, 0.3) is 0 Å². The molecule has 1 atom stereocenters. The number of halogens is 1. The van der Waals surface area contributed by atoms with E-state index in [9.17, 15) is 18.8 Å². The number of rotatable bonds is 2. The molecule has 1 fully saturated rings. The van der Waals surface area contributed by atoms with E-state index in [0.29, 0.717) is 5.56 Å². The summed E-state index contributed by atoms with van der Waals surface area (Å²) in [6.07, 6.45) is 0. The number of amides is 4. The van der Waals surface area contributed by atoms with Crippen LogP contribution in [-0.4, -0.2) is 42.0 Å². The molecule has 100 valence electrons. The Hall–Kier alpha value is -2.28. The van der Waals surface area contributed by atoms with Gasteiger partial charge in [-0.15, -0.1) is 0 Å². The van der Waals surface area contributed by atoms with Gasteiger partial charge < -0.3 is 0 Å². The summed E-state index contributed by atoms with van der Waals surface area (Å²) in [6, 6.07) is 4.22. The SMILES string of the molecule is CN(C)N1C(=O)NC(=O)C(c2ccc(F)cc2)C1=O. The van der Waals surface area contributed by atoms with Gasteiger partial charge in [-0.05, 0) is 17.7 Å². The Morgan fingerprint density at radius 2 is 1.74 bits per heavy atom. The van der Waals surface area contributed by atoms with Crippen molar-refractivity contribution in [1.82, 2.24) is 15.3 Å². The van der Waals surface area contributed by atoms with Crippen LogP contribution in [0.4, 0.5) is 9.18 Å². The van der Waals surface area contributed by atoms with E-state index in [1.165, 1.54) is 31.2 Å². The smallest absolute Gasteiger partial charge is 0.275 e. The van der Waals surface area contributed by atoms with E-state index in [1.54, 1.807) is 0 Å². The zero-order chi connectivity index (χ0) is 14.2. The van der Waals surface area contributed by atoms with Crippen molar-refractivity contribution in [3.63, 3.8) is 0 Å². The molecule has 1 saturated heterocycles. The minimum absolute atomic E-state index is 0.336. The van der Waals surface area contributed by atoms with Gasteiger partial charge in [0.15, 0.2) is 0 Å². The molecule has 2 rings (SSSR count). The van der Waals surface area contributed by atoms with Crippen molar-refractivity contribution in [3.8, 4) is 0 Å². The van der Waals surface area contributed by atoms with Crippen LogP contribution in [0.15, 0.2) is 24.3 Å². The second kappa shape index (κ2) is 4.77. The molecule has 1 aromatic carbocycles. The van der Waals surface area contributed by atoms with Gasteiger partial charge in [-0.3, -0.25) is 14.9 Å². The summed E-state index contributed by atoms with van der Waals surface area (Å²) in [5.41, 5.74) is 0.336. The third kappa shape index (κ3) is 2.32. The van der Waals surface area contributed by atoms with Gasteiger partial charge in [0.25, 0.3) is 5.91 Å². The van der Waals surface area contributed by atoms with Crippen LogP contribution in [0.3, 0.4) is 0 Å². The fraction of sp³-hybridized carbons (Fsp3) is 0.250. The molecule has 1 unspecified atom stereocenters. The second-order valence-electron chi connectivity index (χ2n) is 4.28. The summed E-state index contributed by atoms with van der Waals surface area (Å²) in [6.45, 7) is 0. The predicted molar refractivity (Wildman–Crippen MR) is 63.2 cm³/mol. The molecule has 0 saturated carbocycles. The number of hydrogen-bond donors (Lipinski definition) is 1. The van der Waals surface area contributed by atoms with Crippen LogP contribution in [0.2, 0.25) is 0 Å². The number of imide groups is 2. The lowest BCUT2D eigenvalue weighted by Crippen LogP contribution is -2.60. The monoisotopic (exact) mass is 265 g/mol. The minimum Gasteiger partial charge on any atom is -0.275 e. The zero-order valence-electron chi connectivity index (χ0n) is 10.4. The van der Waals surface area contributed by atoms with E-state index in [-0.39, 0.29) is 0 Å². The average Bonchev–Trinajstić information content (AvgIpc) is 2.30. The molecule has 1 aromatic rings. The summed E-state index contributed by atoms with van der Waals surface area (Å²) in [5.74, 6) is -2.99. The lowest BCUT2D eigenvalue weighted by molar-refractivity contribution is -0.147. The van der Waals surface area contributed by atoms with E-state index in [1.807, 2.05) is 0 Å². The molecule has 4 amide bonds. The number of carbonyl (C=O) groups is 3. The third-order valence-corrected chi connectivity index (χ3v) is 2.74. The molecule has 1 aliphatic heterocycles. The Morgan fingerprint density at radius 1 is 1.16 bits per heavy atom. The first-order valence-electron chi connectivity index (χ1n) is 5.53. The van der Waals surface area contributed by atoms with E-state index < -0.39 is 29.6 Å². The van der Waals surface area contributed by atoms with E-state index in [2.05, 4.69) is 5.32 Å². The summed E-state index contributed by atoms with van der Waals surface area (Å²) in [4.78, 5) is 35.5. The molecule has 0 aromatic heterocycles. The van der Waals surface area contributed by atoms with Gasteiger partial charge in [-0.2, -0.15) is 5.01 Å². The highest BCUT2D eigenvalue weighted by Gasteiger charge is 2.42. The molecule has 1 aliphatic rings. The van der Waals surface area contributed by atoms with Gasteiger partial charge in [-0.1, -0.05) is 12.1 Å². The van der Waals surface area contributed by atoms with Crippen molar-refractivity contribution in [2.75, 3.05) is 14.1 Å². The Morgan fingerprint density at radius 3 is 2.26 bits per heavy atom.